The molecular weight excluding hydrogens is 408 g/mol. The number of carbonyl (C=O) groups excluding carboxylic acids is 1. The van der Waals surface area contributed by atoms with E-state index in [1.165, 1.54) is 7.11 Å². The molecule has 0 spiro atoms. The molecule has 0 bridgehead atoms. The smallest absolute Gasteiger partial charge is 0.305 e. The number of rotatable bonds is 7. The molecule has 0 fully saturated rings. The Labute approximate surface area is 166 Å². The molecule has 0 aliphatic carbocycles. The van der Waals surface area contributed by atoms with Crippen LogP contribution in [0.15, 0.2) is 59.1 Å². The van der Waals surface area contributed by atoms with Gasteiger partial charge in [-0.2, -0.15) is 0 Å². The van der Waals surface area contributed by atoms with Crippen molar-refractivity contribution in [2.45, 2.75) is 25.9 Å². The van der Waals surface area contributed by atoms with Crippen molar-refractivity contribution in [3.05, 3.63) is 59.1 Å². The third kappa shape index (κ3) is 5.44. The zero-order valence-corrected chi connectivity index (χ0v) is 16.8. The Balaban J connectivity index is 1.60. The van der Waals surface area contributed by atoms with Crippen LogP contribution in [0.5, 0.6) is 5.75 Å². The lowest BCUT2D eigenvalue weighted by Crippen LogP contribution is -2.14. The van der Waals surface area contributed by atoms with E-state index in [2.05, 4.69) is 31.0 Å². The lowest BCUT2D eigenvalue weighted by Gasteiger charge is -2.14. The highest BCUT2D eigenvalue weighted by atomic mass is 79.9. The van der Waals surface area contributed by atoms with Gasteiger partial charge in [-0.25, -0.2) is 4.98 Å². The Kier molecular flexibility index (Phi) is 6.29. The lowest BCUT2D eigenvalue weighted by atomic mass is 10.2. The van der Waals surface area contributed by atoms with E-state index in [4.69, 9.17) is 4.74 Å². The number of carbonyl (C=O) groups is 1. The fourth-order valence-electron chi connectivity index (χ4n) is 2.65. The molecule has 140 valence electrons. The first-order valence-corrected chi connectivity index (χ1v) is 9.49. The Morgan fingerprint density at radius 2 is 1.93 bits per heavy atom. The molecule has 3 rings (SSSR count). The zero-order valence-electron chi connectivity index (χ0n) is 15.2. The number of benzene rings is 2. The molecule has 1 N–H and O–H groups in total. The summed E-state index contributed by atoms with van der Waals surface area (Å²) in [7, 11) is 1.39. The van der Waals surface area contributed by atoms with Crippen LogP contribution in [-0.2, 0) is 9.53 Å². The lowest BCUT2D eigenvalue weighted by molar-refractivity contribution is -0.141. The molecule has 0 aliphatic heterocycles. The van der Waals surface area contributed by atoms with Gasteiger partial charge in [-0.3, -0.25) is 4.79 Å². The van der Waals surface area contributed by atoms with Crippen LogP contribution in [0.1, 0.15) is 19.8 Å². The molecule has 1 atom stereocenters. The standard InChI is InChI=1S/C21H21BrN2O3/c1-14(3-12-21(25)26-2)27-18-8-6-17(7-9-18)23-20-11-4-15-13-16(22)5-10-19(15)24-20/h4-11,13-14H,3,12H2,1-2H3,(H,23,24). The van der Waals surface area contributed by atoms with E-state index in [9.17, 15) is 4.79 Å². The van der Waals surface area contributed by atoms with E-state index < -0.39 is 0 Å². The van der Waals surface area contributed by atoms with Crippen LogP contribution in [0.4, 0.5) is 11.5 Å². The van der Waals surface area contributed by atoms with Crippen LogP contribution >= 0.6 is 15.9 Å². The van der Waals surface area contributed by atoms with Gasteiger partial charge in [0, 0.05) is 22.0 Å². The number of hydrogen-bond donors (Lipinski definition) is 1. The van der Waals surface area contributed by atoms with E-state index in [0.29, 0.717) is 12.8 Å². The van der Waals surface area contributed by atoms with Crippen LogP contribution in [0, 0.1) is 0 Å². The summed E-state index contributed by atoms with van der Waals surface area (Å²) in [5.41, 5.74) is 1.86. The second-order valence-electron chi connectivity index (χ2n) is 6.23. The quantitative estimate of drug-likeness (QED) is 0.506. The van der Waals surface area contributed by atoms with Crippen molar-refractivity contribution in [1.29, 1.82) is 0 Å². The van der Waals surface area contributed by atoms with Crippen molar-refractivity contribution in [2.75, 3.05) is 12.4 Å². The van der Waals surface area contributed by atoms with Crippen molar-refractivity contribution in [3.63, 3.8) is 0 Å². The Bertz CT molecular complexity index is 928. The van der Waals surface area contributed by atoms with Crippen LogP contribution in [-0.4, -0.2) is 24.2 Å². The molecule has 1 aromatic heterocycles. The summed E-state index contributed by atoms with van der Waals surface area (Å²) < 4.78 is 11.5. The summed E-state index contributed by atoms with van der Waals surface area (Å²) in [6.07, 6.45) is 0.898. The SMILES string of the molecule is COC(=O)CCC(C)Oc1ccc(Nc2ccc3cc(Br)ccc3n2)cc1. The highest BCUT2D eigenvalue weighted by Gasteiger charge is 2.08. The number of pyridine rings is 1. The number of halogens is 1. The van der Waals surface area contributed by atoms with Gasteiger partial charge in [0.2, 0.25) is 0 Å². The molecule has 2 aromatic carbocycles. The number of fused-ring (bicyclic) bond motifs is 1. The van der Waals surface area contributed by atoms with Gasteiger partial charge in [0.1, 0.15) is 11.6 Å². The maximum absolute atomic E-state index is 11.2. The molecule has 1 heterocycles. The van der Waals surface area contributed by atoms with Gasteiger partial charge in [0.05, 0.1) is 18.7 Å². The van der Waals surface area contributed by atoms with Crippen molar-refractivity contribution in [3.8, 4) is 5.75 Å². The first-order chi connectivity index (χ1) is 13.0. The summed E-state index contributed by atoms with van der Waals surface area (Å²) >= 11 is 3.47. The Hall–Kier alpha value is -2.60. The molecule has 3 aromatic rings. The van der Waals surface area contributed by atoms with Gasteiger partial charge >= 0.3 is 5.97 Å². The summed E-state index contributed by atoms with van der Waals surface area (Å²) in [5.74, 6) is 1.32. The van der Waals surface area contributed by atoms with Crippen molar-refractivity contribution >= 4 is 44.3 Å². The van der Waals surface area contributed by atoms with Crippen LogP contribution in [0.25, 0.3) is 10.9 Å². The van der Waals surface area contributed by atoms with Gasteiger partial charge in [0.25, 0.3) is 0 Å². The van der Waals surface area contributed by atoms with Crippen molar-refractivity contribution in [1.82, 2.24) is 4.98 Å². The van der Waals surface area contributed by atoms with Crippen LogP contribution in [0.2, 0.25) is 0 Å². The number of ether oxygens (including phenoxy) is 2. The minimum absolute atomic E-state index is 0.0654. The number of esters is 1. The molecule has 1 unspecified atom stereocenters. The number of anilines is 2. The first kappa shape index (κ1) is 19.2. The van der Waals surface area contributed by atoms with Gasteiger partial charge in [-0.15, -0.1) is 0 Å². The van der Waals surface area contributed by atoms with Gasteiger partial charge < -0.3 is 14.8 Å². The predicted octanol–water partition coefficient (Wildman–Crippen LogP) is 5.46. The van der Waals surface area contributed by atoms with E-state index in [-0.39, 0.29) is 12.1 Å². The third-order valence-corrected chi connectivity index (χ3v) is 4.59. The van der Waals surface area contributed by atoms with Gasteiger partial charge in [-0.05, 0) is 67.9 Å². The van der Waals surface area contributed by atoms with Gasteiger partial charge in [0.15, 0.2) is 0 Å². The second kappa shape index (κ2) is 8.86. The maximum Gasteiger partial charge on any atom is 0.305 e. The van der Waals surface area contributed by atoms with Gasteiger partial charge in [-0.1, -0.05) is 15.9 Å². The number of methoxy groups -OCH3 is 1. The van der Waals surface area contributed by atoms with Crippen LogP contribution in [0.3, 0.4) is 0 Å². The summed E-state index contributed by atoms with van der Waals surface area (Å²) in [4.78, 5) is 15.8. The molecule has 5 nitrogen and oxygen atoms in total. The molecule has 6 heteroatoms. The second-order valence-corrected chi connectivity index (χ2v) is 7.14. The molecule has 0 saturated carbocycles. The van der Waals surface area contributed by atoms with Crippen molar-refractivity contribution < 1.29 is 14.3 Å². The first-order valence-electron chi connectivity index (χ1n) is 8.70. The predicted molar refractivity (Wildman–Crippen MR) is 111 cm³/mol. The van der Waals surface area contributed by atoms with Crippen LogP contribution < -0.4 is 10.1 Å². The summed E-state index contributed by atoms with van der Waals surface area (Å²) in [5, 5.41) is 4.38. The molecule has 0 saturated heterocycles. The molecule has 27 heavy (non-hydrogen) atoms. The number of nitrogens with zero attached hydrogens (tertiary/aromatic N) is 1. The highest BCUT2D eigenvalue weighted by Crippen LogP contribution is 2.23. The summed E-state index contributed by atoms with van der Waals surface area (Å²) in [6, 6.07) is 17.7. The highest BCUT2D eigenvalue weighted by molar-refractivity contribution is 9.10. The van der Waals surface area contributed by atoms with E-state index in [1.54, 1.807) is 0 Å². The molecular formula is C21H21BrN2O3. The fraction of sp³-hybridized carbons (Fsp3) is 0.238. The third-order valence-electron chi connectivity index (χ3n) is 4.10. The van der Waals surface area contributed by atoms with E-state index in [1.807, 2.05) is 61.5 Å². The largest absolute Gasteiger partial charge is 0.491 e. The number of aromatic nitrogens is 1. The monoisotopic (exact) mass is 428 g/mol. The number of hydrogen-bond acceptors (Lipinski definition) is 5. The summed E-state index contributed by atoms with van der Waals surface area (Å²) in [6.45, 7) is 1.94. The fourth-order valence-corrected chi connectivity index (χ4v) is 3.02. The Morgan fingerprint density at radius 1 is 1.15 bits per heavy atom. The maximum atomic E-state index is 11.2. The van der Waals surface area contributed by atoms with Crippen molar-refractivity contribution in [2.24, 2.45) is 0 Å². The molecule has 0 radical (unpaired) electrons. The van der Waals surface area contributed by atoms with E-state index in [0.717, 1.165) is 32.6 Å². The number of nitrogens with one attached hydrogen (secondary N) is 1. The molecule has 0 aliphatic rings. The van der Waals surface area contributed by atoms with E-state index >= 15 is 0 Å². The normalized spacial score (nSPS) is 11.8. The minimum Gasteiger partial charge on any atom is -0.491 e. The average Bonchev–Trinajstić information content (AvgIpc) is 2.67. The molecule has 0 amide bonds. The average molecular weight is 429 g/mol. The minimum atomic E-state index is -0.222. The zero-order chi connectivity index (χ0) is 19.2. The Morgan fingerprint density at radius 3 is 2.67 bits per heavy atom. The topological polar surface area (TPSA) is 60.5 Å².